The van der Waals surface area contributed by atoms with Crippen LogP contribution in [0.1, 0.15) is 43.0 Å². The number of rotatable bonds is 6. The molecule has 0 aromatic heterocycles. The number of benzene rings is 4. The molecule has 0 N–H and O–H groups in total. The monoisotopic (exact) mass is 626 g/mol. The van der Waals surface area contributed by atoms with Crippen molar-refractivity contribution < 1.29 is 28.8 Å². The molecule has 2 atom stereocenters. The van der Waals surface area contributed by atoms with Gasteiger partial charge in [-0.1, -0.05) is 60.7 Å². The number of ketones is 1. The largest absolute Gasteiger partial charge is 0.454 e. The van der Waals surface area contributed by atoms with E-state index in [0.717, 1.165) is 11.0 Å². The Morgan fingerprint density at radius 3 is 1.73 bits per heavy atom. The SMILES string of the molecule is O=C(COC(=O)c1ccc(N2C(=O)[C@@H]3[C@H](C2=O)C2(Cl)c4ccccc4C3(Cl)c3ccccc32)cc1)c1cccc([N+](=O)[O-])c1. The van der Waals surface area contributed by atoms with E-state index in [-0.39, 0.29) is 22.5 Å². The van der Waals surface area contributed by atoms with Crippen molar-refractivity contribution in [2.75, 3.05) is 11.5 Å². The van der Waals surface area contributed by atoms with Gasteiger partial charge in [0.15, 0.2) is 6.61 Å². The summed E-state index contributed by atoms with van der Waals surface area (Å²) in [5.41, 5.74) is 2.84. The van der Waals surface area contributed by atoms with Crippen molar-refractivity contribution in [2.45, 2.75) is 9.75 Å². The zero-order valence-electron chi connectivity index (χ0n) is 22.6. The molecule has 0 radical (unpaired) electrons. The molecule has 1 heterocycles. The lowest BCUT2D eigenvalue weighted by atomic mass is 9.54. The number of esters is 1. The van der Waals surface area contributed by atoms with E-state index in [2.05, 4.69) is 0 Å². The zero-order valence-corrected chi connectivity index (χ0v) is 24.1. The van der Waals surface area contributed by atoms with Gasteiger partial charge in [0, 0.05) is 17.7 Å². The van der Waals surface area contributed by atoms with Crippen LogP contribution < -0.4 is 4.90 Å². The molecule has 1 saturated heterocycles. The molecule has 8 rings (SSSR count). The summed E-state index contributed by atoms with van der Waals surface area (Å²) in [6, 6.07) is 25.4. The van der Waals surface area contributed by atoms with Gasteiger partial charge >= 0.3 is 5.97 Å². The lowest BCUT2D eigenvalue weighted by molar-refractivity contribution is -0.384. The Bertz CT molecular complexity index is 1820. The maximum absolute atomic E-state index is 14.1. The Labute approximate surface area is 260 Å². The maximum atomic E-state index is 14.1. The van der Waals surface area contributed by atoms with Crippen LogP contribution in [0.4, 0.5) is 11.4 Å². The van der Waals surface area contributed by atoms with Crippen LogP contribution >= 0.6 is 23.2 Å². The summed E-state index contributed by atoms with van der Waals surface area (Å²) >= 11 is 14.9. The molecule has 0 saturated carbocycles. The predicted octanol–water partition coefficient (Wildman–Crippen LogP) is 5.73. The Morgan fingerprint density at radius 1 is 0.750 bits per heavy atom. The van der Waals surface area contributed by atoms with Crippen molar-refractivity contribution in [1.29, 1.82) is 0 Å². The highest BCUT2D eigenvalue weighted by atomic mass is 35.5. The fraction of sp³-hybridized carbons (Fsp3) is 0.152. The predicted molar refractivity (Wildman–Crippen MR) is 160 cm³/mol. The fourth-order valence-electron chi connectivity index (χ4n) is 6.76. The Morgan fingerprint density at radius 2 is 1.25 bits per heavy atom. The van der Waals surface area contributed by atoms with E-state index < -0.39 is 56.7 Å². The summed E-state index contributed by atoms with van der Waals surface area (Å²) in [6.07, 6.45) is 0. The molecule has 4 aromatic carbocycles. The van der Waals surface area contributed by atoms with Gasteiger partial charge in [-0.3, -0.25) is 24.5 Å². The third-order valence-corrected chi connectivity index (χ3v) is 9.94. The number of carbonyl (C=O) groups excluding carboxylic acids is 4. The van der Waals surface area contributed by atoms with E-state index in [1.165, 1.54) is 42.5 Å². The minimum absolute atomic E-state index is 0.0299. The van der Waals surface area contributed by atoms with Crippen molar-refractivity contribution in [3.63, 3.8) is 0 Å². The second kappa shape index (κ2) is 9.83. The average molecular weight is 627 g/mol. The molecule has 0 spiro atoms. The number of Topliss-reactive ketones (excluding diaryl/α,β-unsaturated/α-hetero) is 1. The quantitative estimate of drug-likeness (QED) is 0.0668. The van der Waals surface area contributed by atoms with Crippen LogP contribution in [0.25, 0.3) is 0 Å². The smallest absolute Gasteiger partial charge is 0.338 e. The lowest BCUT2D eigenvalue weighted by Crippen LogP contribution is -2.57. The molecule has 2 amide bonds. The fourth-order valence-corrected chi connectivity index (χ4v) is 7.86. The number of nitrogens with zero attached hydrogens (tertiary/aromatic N) is 2. The van der Waals surface area contributed by atoms with E-state index in [4.69, 9.17) is 27.9 Å². The van der Waals surface area contributed by atoms with E-state index in [9.17, 15) is 29.3 Å². The summed E-state index contributed by atoms with van der Waals surface area (Å²) in [6.45, 7) is -0.634. The minimum Gasteiger partial charge on any atom is -0.454 e. The van der Waals surface area contributed by atoms with Crippen LogP contribution in [0.5, 0.6) is 0 Å². The number of hydrogen-bond donors (Lipinski definition) is 0. The van der Waals surface area contributed by atoms with Crippen LogP contribution in [0.3, 0.4) is 0 Å². The first kappa shape index (κ1) is 27.9. The van der Waals surface area contributed by atoms with Crippen LogP contribution in [-0.4, -0.2) is 35.1 Å². The number of non-ortho nitro benzene ring substituents is 1. The third-order valence-electron chi connectivity index (χ3n) is 8.66. The molecule has 44 heavy (non-hydrogen) atoms. The van der Waals surface area contributed by atoms with Gasteiger partial charge < -0.3 is 4.74 Å². The van der Waals surface area contributed by atoms with Crippen molar-refractivity contribution in [2.24, 2.45) is 11.8 Å². The number of ether oxygens (including phenoxy) is 1. The Balaban J connectivity index is 1.15. The maximum Gasteiger partial charge on any atom is 0.338 e. The van der Waals surface area contributed by atoms with Gasteiger partial charge in [0.25, 0.3) is 5.69 Å². The molecule has 218 valence electrons. The number of imide groups is 1. The number of alkyl halides is 2. The third kappa shape index (κ3) is 3.72. The van der Waals surface area contributed by atoms with Crippen molar-refractivity contribution in [3.05, 3.63) is 141 Å². The molecule has 11 heteroatoms. The van der Waals surface area contributed by atoms with Crippen LogP contribution in [0.2, 0.25) is 0 Å². The van der Waals surface area contributed by atoms with Crippen LogP contribution in [0, 0.1) is 22.0 Å². The van der Waals surface area contributed by atoms with E-state index in [0.29, 0.717) is 22.3 Å². The highest BCUT2D eigenvalue weighted by Crippen LogP contribution is 2.69. The Kier molecular flexibility index (Phi) is 6.25. The first-order chi connectivity index (χ1) is 21.1. The number of anilines is 1. The van der Waals surface area contributed by atoms with E-state index in [1.54, 1.807) is 0 Å². The van der Waals surface area contributed by atoms with Gasteiger partial charge in [-0.15, -0.1) is 23.2 Å². The summed E-state index contributed by atoms with van der Waals surface area (Å²) in [7, 11) is 0. The molecule has 2 bridgehead atoms. The zero-order chi connectivity index (χ0) is 31.0. The van der Waals surface area contributed by atoms with Crippen LogP contribution in [-0.2, 0) is 24.1 Å². The van der Waals surface area contributed by atoms with Gasteiger partial charge in [0.1, 0.15) is 9.75 Å². The van der Waals surface area contributed by atoms with Gasteiger partial charge in [-0.05, 0) is 46.5 Å². The molecular formula is C33H20Cl2N2O7. The average Bonchev–Trinajstić information content (AvgIpc) is 3.33. The normalized spacial score (nSPS) is 24.4. The minimum atomic E-state index is -1.31. The van der Waals surface area contributed by atoms with E-state index in [1.807, 2.05) is 48.5 Å². The standard InChI is InChI=1S/C33H20Cl2N2O7/c34-32-22-8-1-2-9-23(22)33(35,25-11-4-3-10-24(25)32)28-27(32)29(39)36(30(28)40)20-14-12-18(13-15-20)31(41)44-17-26(38)19-6-5-7-21(16-19)37(42)43/h1-16,27-28H,17H2/t27-,28+,32?,33?. The number of carbonyl (C=O) groups is 4. The van der Waals surface area contributed by atoms with Gasteiger partial charge in [0.2, 0.25) is 17.6 Å². The molecule has 0 unspecified atom stereocenters. The summed E-state index contributed by atoms with van der Waals surface area (Å²) in [5, 5.41) is 11.0. The van der Waals surface area contributed by atoms with Gasteiger partial charge in [0.05, 0.1) is 28.0 Å². The lowest BCUT2D eigenvalue weighted by Gasteiger charge is -2.54. The second-order valence-electron chi connectivity index (χ2n) is 10.8. The second-order valence-corrected chi connectivity index (χ2v) is 12.0. The number of nitro benzene ring substituents is 1. The summed E-state index contributed by atoms with van der Waals surface area (Å²) in [4.78, 5) is 62.1. The van der Waals surface area contributed by atoms with Crippen LogP contribution in [0.15, 0.2) is 97.1 Å². The number of halogens is 2. The molecule has 9 nitrogen and oxygen atoms in total. The topological polar surface area (TPSA) is 124 Å². The highest BCUT2D eigenvalue weighted by molar-refractivity contribution is 6.38. The van der Waals surface area contributed by atoms with Gasteiger partial charge in [-0.2, -0.15) is 0 Å². The summed E-state index contributed by atoms with van der Waals surface area (Å²) < 4.78 is 5.12. The van der Waals surface area contributed by atoms with Crippen molar-refractivity contribution in [3.8, 4) is 0 Å². The molecule has 3 aliphatic carbocycles. The van der Waals surface area contributed by atoms with E-state index >= 15 is 0 Å². The first-order valence-corrected chi connectivity index (χ1v) is 14.3. The molecule has 4 aromatic rings. The first-order valence-electron chi connectivity index (χ1n) is 13.6. The van der Waals surface area contributed by atoms with Crippen molar-refractivity contribution in [1.82, 2.24) is 0 Å². The molecule has 1 aliphatic heterocycles. The van der Waals surface area contributed by atoms with Gasteiger partial charge in [-0.25, -0.2) is 9.69 Å². The summed E-state index contributed by atoms with van der Waals surface area (Å²) in [5.74, 6) is -4.38. The number of hydrogen-bond acceptors (Lipinski definition) is 7. The molecule has 4 aliphatic rings. The molecular weight excluding hydrogens is 607 g/mol. The van der Waals surface area contributed by atoms with Crippen molar-refractivity contribution >= 4 is 58.1 Å². The Hall–Kier alpha value is -4.86. The number of amides is 2. The molecule has 1 fully saturated rings. The number of nitro groups is 1. The highest BCUT2D eigenvalue weighted by Gasteiger charge is 2.73.